The van der Waals surface area contributed by atoms with Crippen LogP contribution in [0.15, 0.2) is 18.2 Å². The van der Waals surface area contributed by atoms with Crippen molar-refractivity contribution in [3.63, 3.8) is 0 Å². The van der Waals surface area contributed by atoms with Gasteiger partial charge in [0.2, 0.25) is 0 Å². The van der Waals surface area contributed by atoms with Crippen LogP contribution in [0, 0.1) is 5.92 Å². The van der Waals surface area contributed by atoms with Gasteiger partial charge in [0.05, 0.1) is 5.56 Å². The highest BCUT2D eigenvalue weighted by molar-refractivity contribution is 5.99. The highest BCUT2D eigenvalue weighted by Gasteiger charge is 2.21. The van der Waals surface area contributed by atoms with Crippen LogP contribution in [0.5, 0.6) is 0 Å². The standard InChI is InChI=1S/C11H15N3O/c12-8-3-4-9(11(13)15)10(5-8)14-6-7-1-2-7/h3-5,7,14H,1-2,6,12H2,(H2,13,15). The number of hydrogen-bond acceptors (Lipinski definition) is 3. The SMILES string of the molecule is NC(=O)c1ccc(N)cc1NCC1CC1. The monoisotopic (exact) mass is 205 g/mol. The molecule has 0 bridgehead atoms. The van der Waals surface area contributed by atoms with Crippen molar-refractivity contribution in [3.8, 4) is 0 Å². The zero-order valence-corrected chi connectivity index (χ0v) is 8.49. The normalized spacial score (nSPS) is 14.9. The molecule has 0 heterocycles. The zero-order chi connectivity index (χ0) is 10.8. The van der Waals surface area contributed by atoms with Gasteiger partial charge in [-0.3, -0.25) is 4.79 Å². The van der Waals surface area contributed by atoms with Gasteiger partial charge in [0.15, 0.2) is 0 Å². The molecular weight excluding hydrogens is 190 g/mol. The van der Waals surface area contributed by atoms with Crippen molar-refractivity contribution in [1.29, 1.82) is 0 Å². The summed E-state index contributed by atoms with van der Waals surface area (Å²) in [6.07, 6.45) is 2.53. The van der Waals surface area contributed by atoms with Crippen LogP contribution in [0.3, 0.4) is 0 Å². The number of carbonyl (C=O) groups is 1. The van der Waals surface area contributed by atoms with Crippen molar-refractivity contribution in [3.05, 3.63) is 23.8 Å². The number of primary amides is 1. The van der Waals surface area contributed by atoms with E-state index < -0.39 is 5.91 Å². The van der Waals surface area contributed by atoms with Crippen LogP contribution in [-0.4, -0.2) is 12.5 Å². The summed E-state index contributed by atoms with van der Waals surface area (Å²) < 4.78 is 0. The predicted molar refractivity (Wildman–Crippen MR) is 60.6 cm³/mol. The van der Waals surface area contributed by atoms with Gasteiger partial charge < -0.3 is 16.8 Å². The number of rotatable bonds is 4. The third-order valence-corrected chi connectivity index (χ3v) is 2.59. The number of benzene rings is 1. The molecule has 0 aliphatic heterocycles. The van der Waals surface area contributed by atoms with Gasteiger partial charge >= 0.3 is 0 Å². The van der Waals surface area contributed by atoms with E-state index in [9.17, 15) is 4.79 Å². The first-order valence-corrected chi connectivity index (χ1v) is 5.10. The molecule has 1 amide bonds. The summed E-state index contributed by atoms with van der Waals surface area (Å²) in [5.41, 5.74) is 12.8. The maximum absolute atomic E-state index is 11.1. The molecule has 0 aromatic heterocycles. The van der Waals surface area contributed by atoms with Crippen LogP contribution in [-0.2, 0) is 0 Å². The molecular formula is C11H15N3O. The first kappa shape index (κ1) is 9.83. The lowest BCUT2D eigenvalue weighted by Gasteiger charge is -2.10. The van der Waals surface area contributed by atoms with Gasteiger partial charge in [-0.25, -0.2) is 0 Å². The highest BCUT2D eigenvalue weighted by Crippen LogP contribution is 2.29. The van der Waals surface area contributed by atoms with Crippen LogP contribution in [0.4, 0.5) is 11.4 Å². The van der Waals surface area contributed by atoms with Gasteiger partial charge in [-0.2, -0.15) is 0 Å². The number of nitrogens with one attached hydrogen (secondary N) is 1. The molecule has 5 N–H and O–H groups in total. The number of carbonyl (C=O) groups excluding carboxylic acids is 1. The van der Waals surface area contributed by atoms with Crippen LogP contribution in [0.2, 0.25) is 0 Å². The number of hydrogen-bond donors (Lipinski definition) is 3. The average molecular weight is 205 g/mol. The maximum atomic E-state index is 11.1. The smallest absolute Gasteiger partial charge is 0.250 e. The molecule has 1 fully saturated rings. The molecule has 0 saturated heterocycles. The Hall–Kier alpha value is -1.71. The van der Waals surface area contributed by atoms with E-state index >= 15 is 0 Å². The first-order chi connectivity index (χ1) is 7.16. The van der Waals surface area contributed by atoms with E-state index in [1.807, 2.05) is 0 Å². The summed E-state index contributed by atoms with van der Waals surface area (Å²) in [6.45, 7) is 0.893. The van der Waals surface area contributed by atoms with Gasteiger partial charge in [0, 0.05) is 17.9 Å². The van der Waals surface area contributed by atoms with E-state index in [0.29, 0.717) is 11.3 Å². The summed E-state index contributed by atoms with van der Waals surface area (Å²) in [6, 6.07) is 5.10. The number of nitrogens with two attached hydrogens (primary N) is 2. The van der Waals surface area contributed by atoms with Crippen molar-refractivity contribution in [2.45, 2.75) is 12.8 Å². The molecule has 1 aliphatic rings. The van der Waals surface area contributed by atoms with Gasteiger partial charge in [0.25, 0.3) is 5.91 Å². The molecule has 1 aromatic rings. The summed E-state index contributed by atoms with van der Waals surface area (Å²) in [5, 5.41) is 3.22. The predicted octanol–water partition coefficient (Wildman–Crippen LogP) is 1.19. The van der Waals surface area contributed by atoms with E-state index in [2.05, 4.69) is 5.32 Å². The second kappa shape index (κ2) is 3.81. The molecule has 1 aliphatic carbocycles. The molecule has 1 saturated carbocycles. The number of anilines is 2. The molecule has 4 heteroatoms. The second-order valence-corrected chi connectivity index (χ2v) is 3.99. The molecule has 0 radical (unpaired) electrons. The van der Waals surface area contributed by atoms with Gasteiger partial charge in [-0.05, 0) is 37.0 Å². The van der Waals surface area contributed by atoms with Crippen molar-refractivity contribution in [2.75, 3.05) is 17.6 Å². The zero-order valence-electron chi connectivity index (χ0n) is 8.49. The summed E-state index contributed by atoms with van der Waals surface area (Å²) in [5.74, 6) is 0.320. The van der Waals surface area contributed by atoms with Crippen LogP contribution in [0.1, 0.15) is 23.2 Å². The molecule has 0 spiro atoms. The Morgan fingerprint density at radius 2 is 2.20 bits per heavy atom. The van der Waals surface area contributed by atoms with Crippen molar-refractivity contribution in [1.82, 2.24) is 0 Å². The van der Waals surface area contributed by atoms with E-state index in [0.717, 1.165) is 18.2 Å². The minimum absolute atomic E-state index is 0.423. The molecule has 0 atom stereocenters. The fraction of sp³-hybridized carbons (Fsp3) is 0.364. The Morgan fingerprint density at radius 3 is 2.80 bits per heavy atom. The van der Waals surface area contributed by atoms with Crippen LogP contribution in [0.25, 0.3) is 0 Å². The van der Waals surface area contributed by atoms with E-state index in [1.165, 1.54) is 12.8 Å². The molecule has 2 rings (SSSR count). The molecule has 80 valence electrons. The third kappa shape index (κ3) is 2.40. The quantitative estimate of drug-likeness (QED) is 0.646. The van der Waals surface area contributed by atoms with Crippen molar-refractivity contribution < 1.29 is 4.79 Å². The molecule has 0 unspecified atom stereocenters. The average Bonchev–Trinajstić information content (AvgIpc) is 2.97. The summed E-state index contributed by atoms with van der Waals surface area (Å²) in [4.78, 5) is 11.1. The lowest BCUT2D eigenvalue weighted by Crippen LogP contribution is -2.15. The Morgan fingerprint density at radius 1 is 1.47 bits per heavy atom. The molecule has 1 aromatic carbocycles. The van der Waals surface area contributed by atoms with Gasteiger partial charge in [-0.1, -0.05) is 0 Å². The van der Waals surface area contributed by atoms with Gasteiger partial charge in [-0.15, -0.1) is 0 Å². The maximum Gasteiger partial charge on any atom is 0.250 e. The first-order valence-electron chi connectivity index (χ1n) is 5.10. The fourth-order valence-electron chi connectivity index (χ4n) is 1.50. The molecule has 15 heavy (non-hydrogen) atoms. The number of nitrogen functional groups attached to an aromatic ring is 1. The lowest BCUT2D eigenvalue weighted by molar-refractivity contribution is 0.100. The van der Waals surface area contributed by atoms with Crippen molar-refractivity contribution in [2.24, 2.45) is 11.7 Å². The van der Waals surface area contributed by atoms with Crippen LogP contribution >= 0.6 is 0 Å². The van der Waals surface area contributed by atoms with Gasteiger partial charge in [0.1, 0.15) is 0 Å². The summed E-state index contributed by atoms with van der Waals surface area (Å²) in [7, 11) is 0. The van der Waals surface area contributed by atoms with Crippen molar-refractivity contribution >= 4 is 17.3 Å². The third-order valence-electron chi connectivity index (χ3n) is 2.59. The van der Waals surface area contributed by atoms with E-state index in [4.69, 9.17) is 11.5 Å². The minimum atomic E-state index is -0.423. The van der Waals surface area contributed by atoms with E-state index in [1.54, 1.807) is 18.2 Å². The largest absolute Gasteiger partial charge is 0.399 e. The topological polar surface area (TPSA) is 81.1 Å². The Balaban J connectivity index is 2.16. The molecule has 4 nitrogen and oxygen atoms in total. The Labute approximate surface area is 88.6 Å². The Bertz CT molecular complexity index is 385. The van der Waals surface area contributed by atoms with Crippen LogP contribution < -0.4 is 16.8 Å². The summed E-state index contributed by atoms with van der Waals surface area (Å²) >= 11 is 0. The minimum Gasteiger partial charge on any atom is -0.399 e. The lowest BCUT2D eigenvalue weighted by atomic mass is 10.1. The Kier molecular flexibility index (Phi) is 2.49. The fourth-order valence-corrected chi connectivity index (χ4v) is 1.50. The van der Waals surface area contributed by atoms with E-state index in [-0.39, 0.29) is 0 Å². The number of amides is 1. The second-order valence-electron chi connectivity index (χ2n) is 3.99. The highest BCUT2D eigenvalue weighted by atomic mass is 16.1.